The second kappa shape index (κ2) is 8.84. The van der Waals surface area contributed by atoms with E-state index in [1.54, 1.807) is 60.7 Å². The lowest BCUT2D eigenvalue weighted by molar-refractivity contribution is -0.218. The lowest BCUT2D eigenvalue weighted by Crippen LogP contribution is -2.29. The third-order valence-electron chi connectivity index (χ3n) is 4.23. The summed E-state index contributed by atoms with van der Waals surface area (Å²) < 4.78 is 0. The number of halogens is 1. The van der Waals surface area contributed by atoms with Crippen molar-refractivity contribution in [3.63, 3.8) is 0 Å². The Kier molecular flexibility index (Phi) is 6.27. The van der Waals surface area contributed by atoms with Crippen molar-refractivity contribution in [3.8, 4) is 0 Å². The van der Waals surface area contributed by atoms with E-state index >= 15 is 0 Å². The van der Waals surface area contributed by atoms with Crippen LogP contribution in [0.15, 0.2) is 91.0 Å². The first-order valence-electron chi connectivity index (χ1n) is 8.48. The van der Waals surface area contributed by atoms with Crippen LogP contribution in [0.2, 0.25) is 5.02 Å². The quantitative estimate of drug-likeness (QED) is 0.305. The van der Waals surface area contributed by atoms with E-state index in [0.29, 0.717) is 21.7 Å². The van der Waals surface area contributed by atoms with Gasteiger partial charge in [-0.2, -0.15) is 0 Å². The van der Waals surface area contributed by atoms with Crippen LogP contribution in [0.4, 0.5) is 0 Å². The molecule has 2 unspecified atom stereocenters. The number of rotatable bonds is 6. The Balaban J connectivity index is 1.98. The molecule has 0 aliphatic rings. The van der Waals surface area contributed by atoms with Crippen molar-refractivity contribution in [2.45, 2.75) is 12.3 Å². The molecular weight excluding hydrogens is 362 g/mol. The summed E-state index contributed by atoms with van der Waals surface area (Å²) >= 11 is 5.97. The van der Waals surface area contributed by atoms with E-state index in [4.69, 9.17) is 11.6 Å². The van der Waals surface area contributed by atoms with Gasteiger partial charge in [0.05, 0.1) is 6.04 Å². The summed E-state index contributed by atoms with van der Waals surface area (Å²) in [4.78, 5) is 0. The maximum atomic E-state index is 10.7. The van der Waals surface area contributed by atoms with Gasteiger partial charge < -0.3 is 15.4 Å². The molecule has 3 aromatic carbocycles. The first kappa shape index (κ1) is 19.1. The van der Waals surface area contributed by atoms with E-state index in [1.807, 2.05) is 24.3 Å². The molecule has 0 aliphatic heterocycles. The Morgan fingerprint density at radius 1 is 0.815 bits per heavy atom. The smallest absolute Gasteiger partial charge is 0.156 e. The maximum absolute atomic E-state index is 10.7. The molecule has 0 bridgehead atoms. The number of benzene rings is 3. The molecule has 0 aromatic heterocycles. The molecule has 0 saturated heterocycles. The zero-order valence-corrected chi connectivity index (χ0v) is 15.2. The van der Waals surface area contributed by atoms with Crippen LogP contribution >= 0.6 is 11.6 Å². The highest BCUT2D eigenvalue weighted by Gasteiger charge is 2.25. The fourth-order valence-electron chi connectivity index (χ4n) is 2.77. The molecule has 27 heavy (non-hydrogen) atoms. The zero-order valence-electron chi connectivity index (χ0n) is 14.5. The predicted octanol–water partition coefficient (Wildman–Crippen LogP) is 5.36. The van der Waals surface area contributed by atoms with Crippen LogP contribution in [0.5, 0.6) is 0 Å². The topological polar surface area (TPSA) is 63.9 Å². The first-order valence-corrected chi connectivity index (χ1v) is 8.86. The molecule has 0 amide bonds. The van der Waals surface area contributed by atoms with Crippen molar-refractivity contribution >= 4 is 17.4 Å². The largest absolute Gasteiger partial charge is 0.508 e. The Morgan fingerprint density at radius 2 is 1.37 bits per heavy atom. The molecule has 3 N–H and O–H groups in total. The third-order valence-corrected chi connectivity index (χ3v) is 4.48. The van der Waals surface area contributed by atoms with E-state index in [1.165, 1.54) is 6.08 Å². The van der Waals surface area contributed by atoms with Crippen molar-refractivity contribution in [1.82, 2.24) is 5.06 Å². The summed E-state index contributed by atoms with van der Waals surface area (Å²) in [6, 6.07) is 23.9. The van der Waals surface area contributed by atoms with Gasteiger partial charge in [-0.15, -0.1) is 5.06 Å². The third kappa shape index (κ3) is 4.76. The zero-order chi connectivity index (χ0) is 19.2. The summed E-state index contributed by atoms with van der Waals surface area (Å²) in [5.74, 6) is -0.00476. The fourth-order valence-corrected chi connectivity index (χ4v) is 2.90. The number of hydrogen-bond donors (Lipinski definition) is 3. The van der Waals surface area contributed by atoms with Gasteiger partial charge in [-0.3, -0.25) is 0 Å². The van der Waals surface area contributed by atoms with Crippen LogP contribution in [-0.4, -0.2) is 20.5 Å². The Morgan fingerprint density at radius 3 is 1.96 bits per heavy atom. The molecule has 0 spiro atoms. The molecule has 3 rings (SSSR count). The SMILES string of the molecule is O/C(=C\C(c1ccc(Cl)cc1)N(O)C(O)c1ccccc1)c1ccccc1. The molecule has 3 aromatic rings. The molecule has 2 atom stereocenters. The first-order chi connectivity index (χ1) is 13.1. The van der Waals surface area contributed by atoms with Crippen LogP contribution in [0, 0.1) is 0 Å². The monoisotopic (exact) mass is 381 g/mol. The molecule has 5 heteroatoms. The molecule has 4 nitrogen and oxygen atoms in total. The van der Waals surface area contributed by atoms with Gasteiger partial charge in [0, 0.05) is 10.6 Å². The molecule has 0 saturated carbocycles. The maximum Gasteiger partial charge on any atom is 0.156 e. The highest BCUT2D eigenvalue weighted by molar-refractivity contribution is 6.30. The van der Waals surface area contributed by atoms with Crippen LogP contribution in [0.3, 0.4) is 0 Å². The molecule has 0 heterocycles. The summed E-state index contributed by atoms with van der Waals surface area (Å²) in [5, 5.41) is 33.2. The van der Waals surface area contributed by atoms with Crippen molar-refractivity contribution in [2.24, 2.45) is 0 Å². The van der Waals surface area contributed by atoms with Gasteiger partial charge in [0.25, 0.3) is 0 Å². The van der Waals surface area contributed by atoms with E-state index in [2.05, 4.69) is 0 Å². The van der Waals surface area contributed by atoms with Gasteiger partial charge >= 0.3 is 0 Å². The summed E-state index contributed by atoms with van der Waals surface area (Å²) in [6.07, 6.45) is 0.219. The average molecular weight is 382 g/mol. The summed E-state index contributed by atoms with van der Waals surface area (Å²) in [6.45, 7) is 0. The highest BCUT2D eigenvalue weighted by Crippen LogP contribution is 2.31. The number of aliphatic hydroxyl groups excluding tert-OH is 2. The predicted molar refractivity (Wildman–Crippen MR) is 106 cm³/mol. The normalized spacial score (nSPS) is 14.1. The Hall–Kier alpha value is -2.63. The number of hydrogen-bond acceptors (Lipinski definition) is 4. The van der Waals surface area contributed by atoms with E-state index in [0.717, 1.165) is 5.06 Å². The van der Waals surface area contributed by atoms with Gasteiger partial charge in [-0.05, 0) is 29.3 Å². The van der Waals surface area contributed by atoms with Crippen molar-refractivity contribution in [3.05, 3.63) is 113 Å². The summed E-state index contributed by atoms with van der Waals surface area (Å²) in [5.41, 5.74) is 1.81. The molecule has 0 fully saturated rings. The Bertz CT molecular complexity index is 882. The highest BCUT2D eigenvalue weighted by atomic mass is 35.5. The van der Waals surface area contributed by atoms with Crippen LogP contribution < -0.4 is 0 Å². The second-order valence-electron chi connectivity index (χ2n) is 6.08. The van der Waals surface area contributed by atoms with Crippen LogP contribution in [0.25, 0.3) is 5.76 Å². The molecule has 0 aliphatic carbocycles. The minimum atomic E-state index is -1.27. The number of nitrogens with zero attached hydrogens (tertiary/aromatic N) is 1. The van der Waals surface area contributed by atoms with E-state index in [-0.39, 0.29) is 5.76 Å². The Labute approximate surface area is 163 Å². The van der Waals surface area contributed by atoms with Crippen molar-refractivity contribution in [2.75, 3.05) is 0 Å². The standard InChI is InChI=1S/C22H20ClNO3/c23-19-13-11-16(12-14-19)20(15-21(25)17-7-3-1-4-8-17)24(27)22(26)18-9-5-2-6-10-18/h1-15,20,22,25-27H/b21-15-. The van der Waals surface area contributed by atoms with Gasteiger partial charge in [-0.25, -0.2) is 0 Å². The second-order valence-corrected chi connectivity index (χ2v) is 6.52. The average Bonchev–Trinajstić information content (AvgIpc) is 2.73. The lowest BCUT2D eigenvalue weighted by atomic mass is 10.0. The minimum absolute atomic E-state index is 0.00476. The lowest BCUT2D eigenvalue weighted by Gasteiger charge is -2.29. The van der Waals surface area contributed by atoms with Crippen molar-refractivity contribution < 1.29 is 15.4 Å². The van der Waals surface area contributed by atoms with Gasteiger partial charge in [-0.1, -0.05) is 84.4 Å². The molecule has 138 valence electrons. The van der Waals surface area contributed by atoms with E-state index < -0.39 is 12.3 Å². The number of hydroxylamine groups is 2. The van der Waals surface area contributed by atoms with E-state index in [9.17, 15) is 15.4 Å². The summed E-state index contributed by atoms with van der Waals surface area (Å²) in [7, 11) is 0. The van der Waals surface area contributed by atoms with Gasteiger partial charge in [0.2, 0.25) is 0 Å². The number of aliphatic hydroxyl groups is 2. The van der Waals surface area contributed by atoms with Crippen LogP contribution in [-0.2, 0) is 0 Å². The van der Waals surface area contributed by atoms with Gasteiger partial charge in [0.1, 0.15) is 5.76 Å². The van der Waals surface area contributed by atoms with Crippen LogP contribution in [0.1, 0.15) is 29.0 Å². The van der Waals surface area contributed by atoms with Crippen molar-refractivity contribution in [1.29, 1.82) is 0 Å². The van der Waals surface area contributed by atoms with Gasteiger partial charge in [0.15, 0.2) is 6.23 Å². The minimum Gasteiger partial charge on any atom is -0.508 e. The molecule has 0 radical (unpaired) electrons. The fraction of sp³-hybridized carbons (Fsp3) is 0.0909. The molecular formula is C22H20ClNO3.